The van der Waals surface area contributed by atoms with E-state index < -0.39 is 11.7 Å². The minimum absolute atomic E-state index is 0.0893. The lowest BCUT2D eigenvalue weighted by molar-refractivity contribution is -0.137. The number of ether oxygens (including phenoxy) is 1. The number of rotatable bonds is 3. The van der Waals surface area contributed by atoms with E-state index in [0.717, 1.165) is 12.1 Å². The van der Waals surface area contributed by atoms with Crippen molar-refractivity contribution in [1.29, 1.82) is 0 Å². The van der Waals surface area contributed by atoms with Crippen molar-refractivity contribution in [2.24, 2.45) is 0 Å². The summed E-state index contributed by atoms with van der Waals surface area (Å²) in [7, 11) is 0. The van der Waals surface area contributed by atoms with Crippen LogP contribution in [0.2, 0.25) is 0 Å². The molecule has 3 aromatic rings. The number of halogens is 3. The SMILES string of the molecule is FC(F)(F)c1cc(Oc2ccc(C3CC3)cc2)n2ccnc2c1. The number of benzene rings is 1. The summed E-state index contributed by atoms with van der Waals surface area (Å²) in [5.74, 6) is 1.22. The zero-order valence-electron chi connectivity index (χ0n) is 12.0. The van der Waals surface area contributed by atoms with Gasteiger partial charge in [-0.1, -0.05) is 12.1 Å². The molecule has 0 bridgehead atoms. The van der Waals surface area contributed by atoms with Gasteiger partial charge in [-0.3, -0.25) is 4.40 Å². The molecule has 3 nitrogen and oxygen atoms in total. The number of alkyl halides is 3. The average Bonchev–Trinajstić information content (AvgIpc) is 3.24. The van der Waals surface area contributed by atoms with E-state index in [4.69, 9.17) is 4.74 Å². The third-order valence-corrected chi connectivity index (χ3v) is 3.95. The van der Waals surface area contributed by atoms with Gasteiger partial charge in [-0.25, -0.2) is 4.98 Å². The first kappa shape index (κ1) is 14.1. The van der Waals surface area contributed by atoms with Crippen LogP contribution in [-0.4, -0.2) is 9.38 Å². The third-order valence-electron chi connectivity index (χ3n) is 3.95. The van der Waals surface area contributed by atoms with Crippen molar-refractivity contribution in [1.82, 2.24) is 9.38 Å². The molecule has 6 heteroatoms. The third kappa shape index (κ3) is 2.76. The molecule has 0 aliphatic heterocycles. The van der Waals surface area contributed by atoms with E-state index in [9.17, 15) is 13.2 Å². The Balaban J connectivity index is 1.70. The maximum Gasteiger partial charge on any atom is 0.416 e. The lowest BCUT2D eigenvalue weighted by atomic mass is 10.1. The second-order valence-electron chi connectivity index (χ2n) is 5.68. The molecule has 0 saturated heterocycles. The molecule has 0 unspecified atom stereocenters. The molecule has 0 amide bonds. The van der Waals surface area contributed by atoms with Gasteiger partial charge < -0.3 is 4.74 Å². The van der Waals surface area contributed by atoms with E-state index in [0.29, 0.717) is 11.7 Å². The Kier molecular flexibility index (Phi) is 3.07. The van der Waals surface area contributed by atoms with Gasteiger partial charge in [0.15, 0.2) is 0 Å². The standard InChI is InChI=1S/C17H13F3N2O/c18-17(19,20)13-9-15-21-7-8-22(15)16(10-13)23-14-5-3-12(4-6-14)11-1-2-11/h3-11H,1-2H2. The maximum absolute atomic E-state index is 13.0. The minimum atomic E-state index is -4.44. The summed E-state index contributed by atoms with van der Waals surface area (Å²) in [6, 6.07) is 9.50. The fourth-order valence-corrected chi connectivity index (χ4v) is 2.58. The molecular formula is C17H13F3N2O. The van der Waals surface area contributed by atoms with E-state index in [1.54, 1.807) is 18.3 Å². The highest BCUT2D eigenvalue weighted by atomic mass is 19.4. The van der Waals surface area contributed by atoms with Gasteiger partial charge in [0.05, 0.1) is 5.56 Å². The van der Waals surface area contributed by atoms with E-state index in [-0.39, 0.29) is 11.5 Å². The lowest BCUT2D eigenvalue weighted by Crippen LogP contribution is -2.07. The molecule has 4 rings (SSSR count). The summed E-state index contributed by atoms with van der Waals surface area (Å²) in [6.07, 6.45) is 0.969. The molecule has 1 aliphatic rings. The number of hydrogen-bond donors (Lipinski definition) is 0. The summed E-state index contributed by atoms with van der Waals surface area (Å²) in [5.41, 5.74) is 0.666. The van der Waals surface area contributed by atoms with Crippen molar-refractivity contribution < 1.29 is 17.9 Å². The topological polar surface area (TPSA) is 26.5 Å². The Hall–Kier alpha value is -2.50. The minimum Gasteiger partial charge on any atom is -0.440 e. The van der Waals surface area contributed by atoms with E-state index >= 15 is 0 Å². The Morgan fingerprint density at radius 1 is 1.09 bits per heavy atom. The van der Waals surface area contributed by atoms with Crippen molar-refractivity contribution in [2.75, 3.05) is 0 Å². The van der Waals surface area contributed by atoms with Crippen LogP contribution in [0.1, 0.15) is 29.9 Å². The van der Waals surface area contributed by atoms with Gasteiger partial charge >= 0.3 is 6.18 Å². The summed E-state index contributed by atoms with van der Waals surface area (Å²) in [5, 5.41) is 0. The quantitative estimate of drug-likeness (QED) is 0.677. The zero-order chi connectivity index (χ0) is 16.0. The molecule has 1 fully saturated rings. The van der Waals surface area contributed by atoms with Gasteiger partial charge in [0, 0.05) is 18.5 Å². The largest absolute Gasteiger partial charge is 0.440 e. The highest BCUT2D eigenvalue weighted by molar-refractivity contribution is 5.48. The Labute approximate surface area is 130 Å². The van der Waals surface area contributed by atoms with Crippen LogP contribution in [0.3, 0.4) is 0 Å². The lowest BCUT2D eigenvalue weighted by Gasteiger charge is -2.12. The first-order valence-electron chi connectivity index (χ1n) is 7.33. The van der Waals surface area contributed by atoms with Crippen LogP contribution >= 0.6 is 0 Å². The van der Waals surface area contributed by atoms with Crippen molar-refractivity contribution in [3.8, 4) is 11.6 Å². The van der Waals surface area contributed by atoms with Crippen LogP contribution in [0, 0.1) is 0 Å². The van der Waals surface area contributed by atoms with Gasteiger partial charge in [0.2, 0.25) is 5.88 Å². The van der Waals surface area contributed by atoms with Crippen molar-refractivity contribution in [3.05, 3.63) is 59.9 Å². The molecule has 118 valence electrons. The smallest absolute Gasteiger partial charge is 0.416 e. The highest BCUT2D eigenvalue weighted by Gasteiger charge is 2.32. The number of pyridine rings is 1. The Bertz CT molecular complexity index is 848. The van der Waals surface area contributed by atoms with Gasteiger partial charge in [-0.15, -0.1) is 0 Å². The zero-order valence-corrected chi connectivity index (χ0v) is 12.0. The number of hydrogen-bond acceptors (Lipinski definition) is 2. The van der Waals surface area contributed by atoms with Crippen LogP contribution in [0.25, 0.3) is 5.65 Å². The first-order valence-corrected chi connectivity index (χ1v) is 7.33. The normalized spacial score (nSPS) is 15.1. The maximum atomic E-state index is 13.0. The van der Waals surface area contributed by atoms with Crippen LogP contribution in [0.5, 0.6) is 11.6 Å². The molecule has 0 spiro atoms. The van der Waals surface area contributed by atoms with Gasteiger partial charge in [-0.05, 0) is 42.5 Å². The van der Waals surface area contributed by atoms with E-state index in [1.165, 1.54) is 29.0 Å². The average molecular weight is 318 g/mol. The fraction of sp³-hybridized carbons (Fsp3) is 0.235. The Morgan fingerprint density at radius 3 is 2.48 bits per heavy atom. The number of imidazole rings is 1. The molecule has 0 N–H and O–H groups in total. The fourth-order valence-electron chi connectivity index (χ4n) is 2.58. The van der Waals surface area contributed by atoms with E-state index in [1.807, 2.05) is 12.1 Å². The van der Waals surface area contributed by atoms with Crippen LogP contribution in [-0.2, 0) is 6.18 Å². The molecule has 2 heterocycles. The van der Waals surface area contributed by atoms with E-state index in [2.05, 4.69) is 4.98 Å². The molecule has 2 aromatic heterocycles. The number of fused-ring (bicyclic) bond motifs is 1. The molecule has 1 aliphatic carbocycles. The second-order valence-corrected chi connectivity index (χ2v) is 5.68. The summed E-state index contributed by atoms with van der Waals surface area (Å²) >= 11 is 0. The van der Waals surface area contributed by atoms with Crippen molar-refractivity contribution in [2.45, 2.75) is 24.9 Å². The van der Waals surface area contributed by atoms with Crippen LogP contribution in [0.15, 0.2) is 48.8 Å². The monoisotopic (exact) mass is 318 g/mol. The van der Waals surface area contributed by atoms with Crippen LogP contribution in [0.4, 0.5) is 13.2 Å². The predicted octanol–water partition coefficient (Wildman–Crippen LogP) is 5.02. The van der Waals surface area contributed by atoms with Crippen LogP contribution < -0.4 is 4.74 Å². The van der Waals surface area contributed by atoms with Gasteiger partial charge in [-0.2, -0.15) is 13.2 Å². The van der Waals surface area contributed by atoms with Crippen molar-refractivity contribution in [3.63, 3.8) is 0 Å². The molecule has 0 atom stereocenters. The second kappa shape index (κ2) is 5.01. The molecule has 1 aromatic carbocycles. The summed E-state index contributed by atoms with van der Waals surface area (Å²) < 4.78 is 46.1. The number of nitrogens with zero attached hydrogens (tertiary/aromatic N) is 2. The Morgan fingerprint density at radius 2 is 1.83 bits per heavy atom. The molecule has 1 saturated carbocycles. The predicted molar refractivity (Wildman–Crippen MR) is 78.7 cm³/mol. The summed E-state index contributed by atoms with van der Waals surface area (Å²) in [4.78, 5) is 3.92. The van der Waals surface area contributed by atoms with Gasteiger partial charge in [0.1, 0.15) is 11.4 Å². The number of aromatic nitrogens is 2. The van der Waals surface area contributed by atoms with Gasteiger partial charge in [0.25, 0.3) is 0 Å². The molecule has 0 radical (unpaired) electrons. The summed E-state index contributed by atoms with van der Waals surface area (Å²) in [6.45, 7) is 0. The molecular weight excluding hydrogens is 305 g/mol. The highest BCUT2D eigenvalue weighted by Crippen LogP contribution is 2.40. The molecule has 23 heavy (non-hydrogen) atoms. The van der Waals surface area contributed by atoms with Crippen molar-refractivity contribution >= 4 is 5.65 Å². The first-order chi connectivity index (χ1) is 11.0.